The molecule has 1 heterocycles. The van der Waals surface area contributed by atoms with Crippen molar-refractivity contribution in [3.05, 3.63) is 58.1 Å². The van der Waals surface area contributed by atoms with Crippen molar-refractivity contribution >= 4 is 29.3 Å². The number of methoxy groups -OCH3 is 1. The Morgan fingerprint density at radius 2 is 2.00 bits per heavy atom. The number of halogens is 3. The highest BCUT2D eigenvalue weighted by Gasteiger charge is 2.29. The first-order valence-electron chi connectivity index (χ1n) is 7.96. The fourth-order valence-corrected chi connectivity index (χ4v) is 3.00. The van der Waals surface area contributed by atoms with Gasteiger partial charge in [-0.25, -0.2) is 13.6 Å². The summed E-state index contributed by atoms with van der Waals surface area (Å²) in [6.45, 7) is 0.244. The first-order valence-corrected chi connectivity index (χ1v) is 8.34. The number of hydrogen-bond donors (Lipinski definition) is 2. The Morgan fingerprint density at radius 3 is 2.70 bits per heavy atom. The Hall–Kier alpha value is -2.87. The van der Waals surface area contributed by atoms with E-state index in [-0.39, 0.29) is 28.6 Å². The maximum Gasteiger partial charge on any atom is 0.407 e. The first-order chi connectivity index (χ1) is 12.9. The molecule has 6 nitrogen and oxygen atoms in total. The molecule has 2 N–H and O–H groups in total. The van der Waals surface area contributed by atoms with Gasteiger partial charge in [0.1, 0.15) is 11.3 Å². The minimum absolute atomic E-state index is 0.0373. The van der Waals surface area contributed by atoms with Crippen LogP contribution in [-0.4, -0.2) is 25.7 Å². The summed E-state index contributed by atoms with van der Waals surface area (Å²) in [6, 6.07) is 5.71. The molecule has 0 radical (unpaired) electrons. The van der Waals surface area contributed by atoms with Crippen LogP contribution in [0.15, 0.2) is 30.3 Å². The summed E-state index contributed by atoms with van der Waals surface area (Å²) in [5.74, 6) is -2.55. The Kier molecular flexibility index (Phi) is 5.46. The summed E-state index contributed by atoms with van der Waals surface area (Å²) in [5, 5.41) is 5.25. The molecule has 3 rings (SSSR count). The number of anilines is 1. The van der Waals surface area contributed by atoms with E-state index in [1.807, 2.05) is 0 Å². The van der Waals surface area contributed by atoms with Crippen LogP contribution in [0, 0.1) is 11.6 Å². The fraction of sp³-hybridized carbons (Fsp3) is 0.222. The Labute approximate surface area is 158 Å². The average Bonchev–Trinajstić information content (AvgIpc) is 2.64. The van der Waals surface area contributed by atoms with Gasteiger partial charge in [-0.15, -0.1) is 0 Å². The van der Waals surface area contributed by atoms with Gasteiger partial charge < -0.3 is 20.1 Å². The number of alkyl carbamates (subject to hydrolysis) is 1. The molecule has 0 saturated carbocycles. The molecule has 2 aromatic carbocycles. The zero-order valence-corrected chi connectivity index (χ0v) is 14.9. The number of amides is 2. The number of carbonyl (C=O) groups is 2. The Bertz CT molecular complexity index is 907. The van der Waals surface area contributed by atoms with Gasteiger partial charge in [0.2, 0.25) is 0 Å². The topological polar surface area (TPSA) is 76.7 Å². The quantitative estimate of drug-likeness (QED) is 0.820. The van der Waals surface area contributed by atoms with Crippen molar-refractivity contribution in [2.45, 2.75) is 12.5 Å². The summed E-state index contributed by atoms with van der Waals surface area (Å²) in [7, 11) is 1.25. The Balaban J connectivity index is 1.93. The lowest BCUT2D eigenvalue weighted by Crippen LogP contribution is -2.32. The molecule has 0 fully saturated rings. The summed E-state index contributed by atoms with van der Waals surface area (Å²) >= 11 is 6.17. The van der Waals surface area contributed by atoms with Crippen LogP contribution < -0.4 is 15.4 Å². The van der Waals surface area contributed by atoms with Crippen LogP contribution in [0.1, 0.15) is 28.4 Å². The number of nitrogens with one attached hydrogen (secondary N) is 2. The highest BCUT2D eigenvalue weighted by atomic mass is 35.5. The van der Waals surface area contributed by atoms with Gasteiger partial charge in [0.15, 0.2) is 11.6 Å². The average molecular weight is 397 g/mol. The van der Waals surface area contributed by atoms with Crippen molar-refractivity contribution in [2.24, 2.45) is 0 Å². The number of fused-ring (bicyclic) bond motifs is 1. The predicted molar refractivity (Wildman–Crippen MR) is 94.2 cm³/mol. The largest absolute Gasteiger partial charge is 0.492 e. The molecule has 0 aromatic heterocycles. The standard InChI is InChI=1S/C18H15ClF2N2O4/c1-26-18(25)23-14-6-7-27-16-10(14)3-4-11(19)15(16)17(24)22-9-2-5-12(20)13(21)8-9/h2-5,8,14H,6-7H2,1H3,(H,22,24)(H,23,25)/t14-/m0/s1. The van der Waals surface area contributed by atoms with E-state index in [2.05, 4.69) is 15.4 Å². The number of ether oxygens (including phenoxy) is 2. The third-order valence-electron chi connectivity index (χ3n) is 4.05. The lowest BCUT2D eigenvalue weighted by atomic mass is 9.97. The normalized spacial score (nSPS) is 15.3. The van der Waals surface area contributed by atoms with Crippen molar-refractivity contribution in [3.63, 3.8) is 0 Å². The molecule has 0 spiro atoms. The molecule has 9 heteroatoms. The van der Waals surface area contributed by atoms with E-state index in [1.165, 1.54) is 19.2 Å². The highest BCUT2D eigenvalue weighted by Crippen LogP contribution is 2.39. The van der Waals surface area contributed by atoms with E-state index >= 15 is 0 Å². The molecule has 1 aliphatic heterocycles. The zero-order valence-electron chi connectivity index (χ0n) is 14.1. The third kappa shape index (κ3) is 3.95. The van der Waals surface area contributed by atoms with Crippen molar-refractivity contribution in [1.29, 1.82) is 0 Å². The number of rotatable bonds is 3. The monoisotopic (exact) mass is 396 g/mol. The second-order valence-electron chi connectivity index (χ2n) is 5.75. The van der Waals surface area contributed by atoms with E-state index in [0.29, 0.717) is 12.0 Å². The second-order valence-corrected chi connectivity index (χ2v) is 6.16. The van der Waals surface area contributed by atoms with Crippen LogP contribution in [0.25, 0.3) is 0 Å². The molecule has 2 aromatic rings. The zero-order chi connectivity index (χ0) is 19.6. The van der Waals surface area contributed by atoms with Gasteiger partial charge in [-0.05, 0) is 18.2 Å². The molecule has 0 aliphatic carbocycles. The molecular weight excluding hydrogens is 382 g/mol. The molecular formula is C18H15ClF2N2O4. The van der Waals surface area contributed by atoms with Gasteiger partial charge in [-0.1, -0.05) is 17.7 Å². The molecule has 0 saturated heterocycles. The second kappa shape index (κ2) is 7.79. The number of benzene rings is 2. The summed E-state index contributed by atoms with van der Waals surface area (Å²) < 4.78 is 36.6. The molecule has 1 atom stereocenters. The van der Waals surface area contributed by atoms with E-state index in [1.54, 1.807) is 6.07 Å². The van der Waals surface area contributed by atoms with Crippen LogP contribution in [-0.2, 0) is 4.74 Å². The van der Waals surface area contributed by atoms with E-state index in [9.17, 15) is 18.4 Å². The first kappa shape index (κ1) is 18.9. The van der Waals surface area contributed by atoms with Crippen LogP contribution in [0.2, 0.25) is 5.02 Å². The molecule has 142 valence electrons. The summed E-state index contributed by atoms with van der Waals surface area (Å²) in [5.41, 5.74) is 0.661. The molecule has 0 bridgehead atoms. The fourth-order valence-electron chi connectivity index (χ4n) is 2.77. The number of hydrogen-bond acceptors (Lipinski definition) is 4. The van der Waals surface area contributed by atoms with Gasteiger partial charge in [-0.3, -0.25) is 4.79 Å². The van der Waals surface area contributed by atoms with Gasteiger partial charge in [-0.2, -0.15) is 0 Å². The molecule has 0 unspecified atom stereocenters. The van der Waals surface area contributed by atoms with Crippen LogP contribution in [0.4, 0.5) is 19.3 Å². The lowest BCUT2D eigenvalue weighted by Gasteiger charge is -2.28. The number of carbonyl (C=O) groups excluding carboxylic acids is 2. The van der Waals surface area contributed by atoms with E-state index < -0.39 is 29.7 Å². The van der Waals surface area contributed by atoms with E-state index in [4.69, 9.17) is 16.3 Å². The van der Waals surface area contributed by atoms with Gasteiger partial charge >= 0.3 is 6.09 Å². The minimum atomic E-state index is -1.09. The summed E-state index contributed by atoms with van der Waals surface area (Å²) in [4.78, 5) is 24.2. The Morgan fingerprint density at radius 1 is 1.22 bits per heavy atom. The maximum absolute atomic E-state index is 13.4. The molecule has 2 amide bonds. The smallest absolute Gasteiger partial charge is 0.407 e. The maximum atomic E-state index is 13.4. The lowest BCUT2D eigenvalue weighted by molar-refractivity contribution is 0.102. The minimum Gasteiger partial charge on any atom is -0.492 e. The molecule has 27 heavy (non-hydrogen) atoms. The highest BCUT2D eigenvalue weighted by molar-refractivity contribution is 6.35. The van der Waals surface area contributed by atoms with Crippen molar-refractivity contribution in [3.8, 4) is 5.75 Å². The SMILES string of the molecule is COC(=O)N[C@H]1CCOc2c1ccc(Cl)c2C(=O)Nc1ccc(F)c(F)c1. The third-order valence-corrected chi connectivity index (χ3v) is 4.36. The van der Waals surface area contributed by atoms with Crippen molar-refractivity contribution in [2.75, 3.05) is 19.0 Å². The van der Waals surface area contributed by atoms with Crippen LogP contribution in [0.5, 0.6) is 5.75 Å². The van der Waals surface area contributed by atoms with Crippen molar-refractivity contribution < 1.29 is 27.8 Å². The van der Waals surface area contributed by atoms with Gasteiger partial charge in [0, 0.05) is 23.7 Å². The molecule has 1 aliphatic rings. The van der Waals surface area contributed by atoms with E-state index in [0.717, 1.165) is 12.1 Å². The summed E-state index contributed by atoms with van der Waals surface area (Å²) in [6.07, 6.45) is -0.135. The van der Waals surface area contributed by atoms with Crippen LogP contribution >= 0.6 is 11.6 Å². The van der Waals surface area contributed by atoms with Gasteiger partial charge in [0.25, 0.3) is 5.91 Å². The van der Waals surface area contributed by atoms with Crippen molar-refractivity contribution in [1.82, 2.24) is 5.32 Å². The predicted octanol–water partition coefficient (Wildman–Crippen LogP) is 4.05. The van der Waals surface area contributed by atoms with Crippen LogP contribution in [0.3, 0.4) is 0 Å². The van der Waals surface area contributed by atoms with Gasteiger partial charge in [0.05, 0.1) is 24.8 Å².